The Bertz CT molecular complexity index is 678. The monoisotopic (exact) mass is 321 g/mol. The number of carbonyl (C=O) groups is 1. The highest BCUT2D eigenvalue weighted by molar-refractivity contribution is 5.95. The first-order chi connectivity index (χ1) is 10.7. The van der Waals surface area contributed by atoms with E-state index in [9.17, 15) is 18.0 Å². The zero-order valence-corrected chi connectivity index (χ0v) is 12.9. The minimum absolute atomic E-state index is 0.144. The number of carbonyl (C=O) groups excluding carboxylic acids is 1. The van der Waals surface area contributed by atoms with Crippen LogP contribution in [0.5, 0.6) is 0 Å². The second-order valence-corrected chi connectivity index (χ2v) is 6.08. The van der Waals surface area contributed by atoms with E-state index < -0.39 is 17.2 Å². The van der Waals surface area contributed by atoms with E-state index in [0.717, 1.165) is 17.7 Å². The molecule has 0 aliphatic heterocycles. The van der Waals surface area contributed by atoms with Gasteiger partial charge in [-0.15, -0.1) is 0 Å². The van der Waals surface area contributed by atoms with Crippen molar-refractivity contribution in [1.29, 1.82) is 0 Å². The molecule has 122 valence electrons. The van der Waals surface area contributed by atoms with Crippen LogP contribution in [-0.4, -0.2) is 5.91 Å². The summed E-state index contributed by atoms with van der Waals surface area (Å²) in [6, 6.07) is 14.1. The van der Waals surface area contributed by atoms with Crippen molar-refractivity contribution in [2.24, 2.45) is 5.41 Å². The second kappa shape index (κ2) is 6.44. The predicted molar refractivity (Wildman–Crippen MR) is 84.0 cm³/mol. The van der Waals surface area contributed by atoms with Crippen LogP contribution in [0.2, 0.25) is 0 Å². The van der Waals surface area contributed by atoms with Crippen LogP contribution in [0, 0.1) is 5.41 Å². The van der Waals surface area contributed by atoms with E-state index in [2.05, 4.69) is 5.32 Å². The summed E-state index contributed by atoms with van der Waals surface area (Å²) in [6.45, 7) is 3.53. The van der Waals surface area contributed by atoms with Gasteiger partial charge in [0.2, 0.25) is 5.91 Å². The summed E-state index contributed by atoms with van der Waals surface area (Å²) >= 11 is 0. The number of benzene rings is 2. The highest BCUT2D eigenvalue weighted by Gasteiger charge is 2.31. The zero-order chi connectivity index (χ0) is 17.1. The van der Waals surface area contributed by atoms with Crippen molar-refractivity contribution < 1.29 is 18.0 Å². The third-order valence-electron chi connectivity index (χ3n) is 3.55. The van der Waals surface area contributed by atoms with Crippen LogP contribution in [0.25, 0.3) is 0 Å². The molecule has 0 aliphatic rings. The van der Waals surface area contributed by atoms with Crippen LogP contribution in [0.3, 0.4) is 0 Å². The van der Waals surface area contributed by atoms with Crippen molar-refractivity contribution in [2.75, 3.05) is 5.32 Å². The molecule has 5 heteroatoms. The lowest BCUT2D eigenvalue weighted by atomic mass is 9.84. The number of hydrogen-bond donors (Lipinski definition) is 1. The van der Waals surface area contributed by atoms with Crippen LogP contribution >= 0.6 is 0 Å². The number of amides is 1. The van der Waals surface area contributed by atoms with Crippen molar-refractivity contribution in [2.45, 2.75) is 26.4 Å². The van der Waals surface area contributed by atoms with Gasteiger partial charge in [0.1, 0.15) is 0 Å². The molecule has 0 radical (unpaired) electrons. The van der Waals surface area contributed by atoms with Crippen molar-refractivity contribution >= 4 is 11.6 Å². The highest BCUT2D eigenvalue weighted by atomic mass is 19.4. The smallest absolute Gasteiger partial charge is 0.326 e. The quantitative estimate of drug-likeness (QED) is 0.851. The molecule has 0 bridgehead atoms. The first-order valence-electron chi connectivity index (χ1n) is 7.21. The van der Waals surface area contributed by atoms with Gasteiger partial charge in [-0.05, 0) is 30.2 Å². The van der Waals surface area contributed by atoms with Crippen molar-refractivity contribution in [3.63, 3.8) is 0 Å². The van der Waals surface area contributed by atoms with E-state index in [1.54, 1.807) is 13.8 Å². The Labute approximate surface area is 133 Å². The van der Waals surface area contributed by atoms with Gasteiger partial charge in [-0.2, -0.15) is 13.2 Å². The van der Waals surface area contributed by atoms with E-state index in [1.807, 2.05) is 30.3 Å². The first-order valence-corrected chi connectivity index (χ1v) is 7.21. The van der Waals surface area contributed by atoms with Gasteiger partial charge < -0.3 is 5.32 Å². The van der Waals surface area contributed by atoms with Crippen LogP contribution < -0.4 is 5.32 Å². The van der Waals surface area contributed by atoms with Gasteiger partial charge in [-0.25, -0.2) is 0 Å². The molecule has 1 amide bonds. The Morgan fingerprint density at radius 2 is 1.65 bits per heavy atom. The Morgan fingerprint density at radius 3 is 2.26 bits per heavy atom. The van der Waals surface area contributed by atoms with Crippen LogP contribution in [-0.2, 0) is 17.4 Å². The Hall–Kier alpha value is -2.30. The number of halogens is 3. The molecular formula is C18H18F3NO. The topological polar surface area (TPSA) is 29.1 Å². The maximum atomic E-state index is 12.7. The lowest BCUT2D eigenvalue weighted by Gasteiger charge is -2.24. The third kappa shape index (κ3) is 4.58. The number of anilines is 1. The molecule has 0 saturated carbocycles. The number of hydrogen-bond acceptors (Lipinski definition) is 1. The average Bonchev–Trinajstić information content (AvgIpc) is 2.47. The fourth-order valence-electron chi connectivity index (χ4n) is 2.26. The zero-order valence-electron chi connectivity index (χ0n) is 12.9. The first kappa shape index (κ1) is 17.1. The van der Waals surface area contributed by atoms with Gasteiger partial charge in [0.15, 0.2) is 0 Å². The second-order valence-electron chi connectivity index (χ2n) is 6.08. The summed E-state index contributed by atoms with van der Waals surface area (Å²) in [4.78, 5) is 12.4. The van der Waals surface area contributed by atoms with E-state index in [-0.39, 0.29) is 11.6 Å². The SMILES string of the molecule is CC(C)(Cc1ccccc1)C(=O)Nc1cccc(C(F)(F)F)c1. The van der Waals surface area contributed by atoms with Gasteiger partial charge in [-0.1, -0.05) is 50.2 Å². The fourth-order valence-corrected chi connectivity index (χ4v) is 2.26. The third-order valence-corrected chi connectivity index (χ3v) is 3.55. The Morgan fingerprint density at radius 1 is 1.00 bits per heavy atom. The summed E-state index contributed by atoms with van der Waals surface area (Å²) in [6.07, 6.45) is -3.93. The summed E-state index contributed by atoms with van der Waals surface area (Å²) in [7, 11) is 0. The summed E-state index contributed by atoms with van der Waals surface area (Å²) in [5.74, 6) is -0.319. The maximum absolute atomic E-state index is 12.7. The Balaban J connectivity index is 2.12. The number of nitrogens with one attached hydrogen (secondary N) is 1. The van der Waals surface area contributed by atoms with Crippen molar-refractivity contribution in [3.8, 4) is 0 Å². The fraction of sp³-hybridized carbons (Fsp3) is 0.278. The molecule has 0 heterocycles. The molecule has 0 saturated heterocycles. The molecule has 0 aliphatic carbocycles. The number of rotatable bonds is 4. The van der Waals surface area contributed by atoms with Gasteiger partial charge in [0, 0.05) is 11.1 Å². The normalized spacial score (nSPS) is 12.0. The van der Waals surface area contributed by atoms with Crippen LogP contribution in [0.4, 0.5) is 18.9 Å². The maximum Gasteiger partial charge on any atom is 0.416 e. The van der Waals surface area contributed by atoms with Crippen LogP contribution in [0.15, 0.2) is 54.6 Å². The molecule has 0 fully saturated rings. The summed E-state index contributed by atoms with van der Waals surface area (Å²) < 4.78 is 38.1. The molecule has 0 atom stereocenters. The summed E-state index contributed by atoms with van der Waals surface area (Å²) in [5.41, 5.74) is -0.380. The number of alkyl halides is 3. The Kier molecular flexibility index (Phi) is 4.78. The van der Waals surface area contributed by atoms with Crippen molar-refractivity contribution in [1.82, 2.24) is 0 Å². The minimum atomic E-state index is -4.43. The van der Waals surface area contributed by atoms with Gasteiger partial charge in [-0.3, -0.25) is 4.79 Å². The van der Waals surface area contributed by atoms with Gasteiger partial charge >= 0.3 is 6.18 Å². The summed E-state index contributed by atoms with van der Waals surface area (Å²) in [5, 5.41) is 2.58. The predicted octanol–water partition coefficient (Wildman–Crippen LogP) is 4.91. The molecule has 0 unspecified atom stereocenters. The molecule has 1 N–H and O–H groups in total. The molecule has 23 heavy (non-hydrogen) atoms. The molecular weight excluding hydrogens is 303 g/mol. The molecule has 2 nitrogen and oxygen atoms in total. The van der Waals surface area contributed by atoms with Gasteiger partial charge in [0.05, 0.1) is 5.56 Å². The van der Waals surface area contributed by atoms with Crippen LogP contribution in [0.1, 0.15) is 25.0 Å². The lowest BCUT2D eigenvalue weighted by Crippen LogP contribution is -2.32. The molecule has 2 rings (SSSR count). The molecule has 0 spiro atoms. The minimum Gasteiger partial charge on any atom is -0.326 e. The lowest BCUT2D eigenvalue weighted by molar-refractivity contribution is -0.137. The largest absolute Gasteiger partial charge is 0.416 e. The van der Waals surface area contributed by atoms with E-state index in [4.69, 9.17) is 0 Å². The average molecular weight is 321 g/mol. The standard InChI is InChI=1S/C18H18F3NO/c1-17(2,12-13-7-4-3-5-8-13)16(23)22-15-10-6-9-14(11-15)18(19,20)21/h3-11H,12H2,1-2H3,(H,22,23). The van der Waals surface area contributed by atoms with E-state index in [0.29, 0.717) is 6.42 Å². The van der Waals surface area contributed by atoms with E-state index in [1.165, 1.54) is 12.1 Å². The molecule has 2 aromatic carbocycles. The molecule has 2 aromatic rings. The highest BCUT2D eigenvalue weighted by Crippen LogP contribution is 2.31. The van der Waals surface area contributed by atoms with Crippen molar-refractivity contribution in [3.05, 3.63) is 65.7 Å². The van der Waals surface area contributed by atoms with E-state index >= 15 is 0 Å². The molecule has 0 aromatic heterocycles. The van der Waals surface area contributed by atoms with Gasteiger partial charge in [0.25, 0.3) is 0 Å².